The molecule has 0 amide bonds. The lowest BCUT2D eigenvalue weighted by Gasteiger charge is -2.16. The fourth-order valence-corrected chi connectivity index (χ4v) is 1.79. The Labute approximate surface area is 105 Å². The Bertz CT molecular complexity index is 378. The Morgan fingerprint density at radius 3 is 2.59 bits per heavy atom. The summed E-state index contributed by atoms with van der Waals surface area (Å²) in [6.07, 6.45) is -5.09. The monoisotopic (exact) mass is 313 g/mol. The molecule has 0 fully saturated rings. The van der Waals surface area contributed by atoms with E-state index in [1.165, 1.54) is 19.1 Å². The van der Waals surface area contributed by atoms with E-state index >= 15 is 0 Å². The fraction of sp³-hybridized carbons (Fsp3) is 0.455. The predicted octanol–water partition coefficient (Wildman–Crippen LogP) is 4.02. The van der Waals surface area contributed by atoms with Crippen molar-refractivity contribution in [3.63, 3.8) is 0 Å². The van der Waals surface area contributed by atoms with E-state index < -0.39 is 24.5 Å². The minimum Gasteiger partial charge on any atom is -0.310 e. The van der Waals surface area contributed by atoms with Gasteiger partial charge in [-0.1, -0.05) is 12.1 Å². The van der Waals surface area contributed by atoms with Crippen LogP contribution in [0.2, 0.25) is 0 Å². The van der Waals surface area contributed by atoms with Gasteiger partial charge in [-0.15, -0.1) is 0 Å². The minimum atomic E-state index is -4.19. The first-order valence-electron chi connectivity index (χ1n) is 5.02. The van der Waals surface area contributed by atoms with E-state index in [0.717, 1.165) is 0 Å². The second-order valence-electron chi connectivity index (χ2n) is 3.81. The quantitative estimate of drug-likeness (QED) is 0.828. The highest BCUT2D eigenvalue weighted by Crippen LogP contribution is 2.23. The zero-order valence-corrected chi connectivity index (χ0v) is 10.7. The molecule has 0 aliphatic rings. The molecule has 17 heavy (non-hydrogen) atoms. The summed E-state index contributed by atoms with van der Waals surface area (Å²) < 4.78 is 49.6. The lowest BCUT2D eigenvalue weighted by Crippen LogP contribution is -2.30. The third-order valence-corrected chi connectivity index (χ3v) is 3.10. The normalized spacial score (nSPS) is 13.8. The first-order valence-corrected chi connectivity index (χ1v) is 5.82. The summed E-state index contributed by atoms with van der Waals surface area (Å²) in [6, 6.07) is 3.75. The van der Waals surface area contributed by atoms with E-state index in [9.17, 15) is 17.6 Å². The van der Waals surface area contributed by atoms with Gasteiger partial charge in [0.25, 0.3) is 0 Å². The number of nitrogens with one attached hydrogen (secondary N) is 1. The second kappa shape index (κ2) is 5.82. The summed E-state index contributed by atoms with van der Waals surface area (Å²) in [7, 11) is 0. The number of alkyl halides is 3. The average Bonchev–Trinajstić information content (AvgIpc) is 2.18. The van der Waals surface area contributed by atoms with Crippen molar-refractivity contribution in [2.24, 2.45) is 0 Å². The first kappa shape index (κ1) is 14.4. The molecule has 0 aliphatic carbocycles. The molecule has 96 valence electrons. The van der Waals surface area contributed by atoms with Crippen LogP contribution in [-0.2, 0) is 6.54 Å². The van der Waals surface area contributed by atoms with E-state index in [4.69, 9.17) is 0 Å². The van der Waals surface area contributed by atoms with Crippen molar-refractivity contribution in [3.05, 3.63) is 34.1 Å². The summed E-state index contributed by atoms with van der Waals surface area (Å²) in [6.45, 7) is 1.64. The van der Waals surface area contributed by atoms with Gasteiger partial charge in [-0.2, -0.15) is 13.2 Å². The number of hydrogen-bond acceptors (Lipinski definition) is 1. The Hall–Kier alpha value is -0.620. The molecule has 0 aliphatic heterocycles. The average molecular weight is 314 g/mol. The van der Waals surface area contributed by atoms with Gasteiger partial charge >= 0.3 is 6.18 Å². The zero-order chi connectivity index (χ0) is 13.1. The van der Waals surface area contributed by atoms with Gasteiger partial charge in [0, 0.05) is 12.6 Å². The maximum atomic E-state index is 13.1. The van der Waals surface area contributed by atoms with Gasteiger partial charge < -0.3 is 5.32 Å². The molecule has 6 heteroatoms. The highest BCUT2D eigenvalue weighted by Gasteiger charge is 2.29. The number of benzene rings is 1. The third-order valence-electron chi connectivity index (χ3n) is 2.21. The van der Waals surface area contributed by atoms with Gasteiger partial charge in [-0.25, -0.2) is 4.39 Å². The molecule has 1 aromatic rings. The van der Waals surface area contributed by atoms with Crippen molar-refractivity contribution >= 4 is 15.9 Å². The van der Waals surface area contributed by atoms with Crippen LogP contribution in [0.4, 0.5) is 17.6 Å². The van der Waals surface area contributed by atoms with Crippen LogP contribution in [0, 0.1) is 5.82 Å². The van der Waals surface area contributed by atoms with E-state index in [-0.39, 0.29) is 11.0 Å². The highest BCUT2D eigenvalue weighted by atomic mass is 79.9. The molecular weight excluding hydrogens is 302 g/mol. The molecule has 1 nitrogen and oxygen atoms in total. The SMILES string of the molecule is CC(CC(F)(F)F)NCc1cccc(F)c1Br. The maximum absolute atomic E-state index is 13.1. The lowest BCUT2D eigenvalue weighted by molar-refractivity contribution is -0.139. The lowest BCUT2D eigenvalue weighted by atomic mass is 10.2. The Kier molecular flexibility index (Phi) is 4.94. The standard InChI is InChI=1S/C11H12BrF4N/c1-7(5-11(14,15)16)17-6-8-3-2-4-9(13)10(8)12/h2-4,7,17H,5-6H2,1H3. The zero-order valence-electron chi connectivity index (χ0n) is 9.11. The molecule has 1 aromatic carbocycles. The molecule has 1 N–H and O–H groups in total. The molecule has 0 saturated heterocycles. The van der Waals surface area contributed by atoms with E-state index in [1.807, 2.05) is 0 Å². The van der Waals surface area contributed by atoms with Crippen molar-refractivity contribution in [1.82, 2.24) is 5.32 Å². The Morgan fingerprint density at radius 1 is 1.35 bits per heavy atom. The molecule has 0 saturated carbocycles. The largest absolute Gasteiger partial charge is 0.390 e. The highest BCUT2D eigenvalue weighted by molar-refractivity contribution is 9.10. The summed E-state index contributed by atoms with van der Waals surface area (Å²) in [5, 5.41) is 2.71. The van der Waals surface area contributed by atoms with Crippen molar-refractivity contribution < 1.29 is 17.6 Å². The Morgan fingerprint density at radius 2 is 2.00 bits per heavy atom. The van der Waals surface area contributed by atoms with Crippen LogP contribution in [-0.4, -0.2) is 12.2 Å². The van der Waals surface area contributed by atoms with Crippen molar-refractivity contribution in [2.75, 3.05) is 0 Å². The summed E-state index contributed by atoms with van der Waals surface area (Å²) in [4.78, 5) is 0. The summed E-state index contributed by atoms with van der Waals surface area (Å²) in [5.74, 6) is -0.423. The van der Waals surface area contributed by atoms with Crippen molar-refractivity contribution in [2.45, 2.75) is 32.1 Å². The second-order valence-corrected chi connectivity index (χ2v) is 4.61. The minimum absolute atomic E-state index is 0.190. The van der Waals surface area contributed by atoms with Gasteiger partial charge in [0.1, 0.15) is 5.82 Å². The topological polar surface area (TPSA) is 12.0 Å². The van der Waals surface area contributed by atoms with Gasteiger partial charge in [-0.05, 0) is 34.5 Å². The smallest absolute Gasteiger partial charge is 0.310 e. The van der Waals surface area contributed by atoms with Crippen LogP contribution in [0.3, 0.4) is 0 Å². The number of rotatable bonds is 4. The van der Waals surface area contributed by atoms with E-state index in [1.54, 1.807) is 6.07 Å². The summed E-state index contributed by atoms with van der Waals surface area (Å²) >= 11 is 3.05. The van der Waals surface area contributed by atoms with Crippen LogP contribution in [0.5, 0.6) is 0 Å². The van der Waals surface area contributed by atoms with Crippen LogP contribution >= 0.6 is 15.9 Å². The summed E-state index contributed by atoms with van der Waals surface area (Å²) in [5.41, 5.74) is 0.596. The van der Waals surface area contributed by atoms with Crippen molar-refractivity contribution in [1.29, 1.82) is 0 Å². The molecular formula is C11H12BrF4N. The van der Waals surface area contributed by atoms with E-state index in [0.29, 0.717) is 5.56 Å². The predicted molar refractivity (Wildman–Crippen MR) is 61.1 cm³/mol. The molecule has 0 heterocycles. The number of hydrogen-bond donors (Lipinski definition) is 1. The van der Waals surface area contributed by atoms with Gasteiger partial charge in [0.2, 0.25) is 0 Å². The maximum Gasteiger partial charge on any atom is 0.390 e. The van der Waals surface area contributed by atoms with Gasteiger partial charge in [0.05, 0.1) is 10.9 Å². The third kappa shape index (κ3) is 5.04. The molecule has 0 bridgehead atoms. The van der Waals surface area contributed by atoms with E-state index in [2.05, 4.69) is 21.2 Å². The van der Waals surface area contributed by atoms with Gasteiger partial charge in [0.15, 0.2) is 0 Å². The molecule has 1 rings (SSSR count). The molecule has 1 atom stereocenters. The van der Waals surface area contributed by atoms with Crippen LogP contribution in [0.25, 0.3) is 0 Å². The fourth-order valence-electron chi connectivity index (χ4n) is 1.39. The van der Waals surface area contributed by atoms with Crippen molar-refractivity contribution in [3.8, 4) is 0 Å². The van der Waals surface area contributed by atoms with Crippen LogP contribution in [0.15, 0.2) is 22.7 Å². The first-order chi connectivity index (χ1) is 7.79. The van der Waals surface area contributed by atoms with Crippen LogP contribution < -0.4 is 5.32 Å². The van der Waals surface area contributed by atoms with Crippen LogP contribution in [0.1, 0.15) is 18.9 Å². The Balaban J connectivity index is 2.53. The molecule has 0 radical (unpaired) electrons. The number of halogens is 5. The molecule has 0 spiro atoms. The molecule has 1 unspecified atom stereocenters. The molecule has 0 aromatic heterocycles. The van der Waals surface area contributed by atoms with Gasteiger partial charge in [-0.3, -0.25) is 0 Å².